The van der Waals surface area contributed by atoms with E-state index in [1.165, 1.54) is 0 Å². The molecule has 142 valence electrons. The van der Waals surface area contributed by atoms with Gasteiger partial charge in [-0.3, -0.25) is 0 Å². The zero-order valence-electron chi connectivity index (χ0n) is 15.2. The van der Waals surface area contributed by atoms with Gasteiger partial charge in [-0.1, -0.05) is 54.6 Å². The van der Waals surface area contributed by atoms with Crippen molar-refractivity contribution < 1.29 is 14.7 Å². The molecule has 0 aromatic heterocycles. The quantitative estimate of drug-likeness (QED) is 0.498. The normalized spacial score (nSPS) is 10.1. The first-order chi connectivity index (χ1) is 13.6. The Morgan fingerprint density at radius 1 is 0.750 bits per heavy atom. The largest absolute Gasteiger partial charge is 0.465 e. The Hall–Kier alpha value is -3.80. The fourth-order valence-corrected chi connectivity index (χ4v) is 2.79. The maximum absolute atomic E-state index is 12.2. The fraction of sp³-hybridized carbons (Fsp3) is 0.0909. The van der Waals surface area contributed by atoms with E-state index in [9.17, 15) is 9.59 Å². The molecule has 0 saturated heterocycles. The van der Waals surface area contributed by atoms with Crippen LogP contribution in [0.25, 0.3) is 11.1 Å². The van der Waals surface area contributed by atoms with Crippen LogP contribution in [0.5, 0.6) is 0 Å². The van der Waals surface area contributed by atoms with Gasteiger partial charge in [0.2, 0.25) is 0 Å². The predicted octanol–water partition coefficient (Wildman–Crippen LogP) is 4.81. The van der Waals surface area contributed by atoms with Crippen LogP contribution in [-0.4, -0.2) is 23.8 Å². The molecule has 0 heterocycles. The van der Waals surface area contributed by atoms with Crippen molar-refractivity contribution in [3.63, 3.8) is 0 Å². The zero-order chi connectivity index (χ0) is 19.8. The number of amides is 3. The SMILES string of the molecule is O=C(O)NCCc1cccc(NC(=O)Nc2ccc(-c3ccccc3)cc2)c1. The highest BCUT2D eigenvalue weighted by atomic mass is 16.4. The van der Waals surface area contributed by atoms with Crippen molar-refractivity contribution >= 4 is 23.5 Å². The van der Waals surface area contributed by atoms with Crippen LogP contribution in [0.4, 0.5) is 21.0 Å². The van der Waals surface area contributed by atoms with E-state index < -0.39 is 6.09 Å². The van der Waals surface area contributed by atoms with Crippen LogP contribution in [0.1, 0.15) is 5.56 Å². The Balaban J connectivity index is 1.56. The van der Waals surface area contributed by atoms with Gasteiger partial charge in [-0.05, 0) is 47.4 Å². The number of anilines is 2. The topological polar surface area (TPSA) is 90.5 Å². The number of rotatable bonds is 6. The lowest BCUT2D eigenvalue weighted by molar-refractivity contribution is 0.194. The van der Waals surface area contributed by atoms with E-state index in [4.69, 9.17) is 5.11 Å². The summed E-state index contributed by atoms with van der Waals surface area (Å²) in [4.78, 5) is 22.7. The van der Waals surface area contributed by atoms with Crippen LogP contribution in [-0.2, 0) is 6.42 Å². The zero-order valence-corrected chi connectivity index (χ0v) is 15.2. The molecular formula is C22H21N3O3. The summed E-state index contributed by atoms with van der Waals surface area (Å²) in [5.41, 5.74) is 4.46. The third-order valence-electron chi connectivity index (χ3n) is 4.12. The third-order valence-corrected chi connectivity index (χ3v) is 4.12. The summed E-state index contributed by atoms with van der Waals surface area (Å²) in [5.74, 6) is 0. The smallest absolute Gasteiger partial charge is 0.404 e. The minimum absolute atomic E-state index is 0.318. The molecule has 4 N–H and O–H groups in total. The van der Waals surface area contributed by atoms with Crippen molar-refractivity contribution in [1.29, 1.82) is 0 Å². The van der Waals surface area contributed by atoms with Crippen molar-refractivity contribution in [2.75, 3.05) is 17.2 Å². The number of carbonyl (C=O) groups excluding carboxylic acids is 1. The molecule has 0 saturated carbocycles. The second-order valence-electron chi connectivity index (χ2n) is 6.20. The summed E-state index contributed by atoms with van der Waals surface area (Å²) < 4.78 is 0. The standard InChI is InChI=1S/C22H21N3O3/c26-21(25-20-8-4-5-16(15-20)13-14-23-22(27)28)24-19-11-9-18(10-12-19)17-6-2-1-3-7-17/h1-12,15,23H,13-14H2,(H,27,28)(H2,24,25,26). The monoisotopic (exact) mass is 375 g/mol. The second kappa shape index (κ2) is 9.23. The molecule has 0 atom stereocenters. The van der Waals surface area contributed by atoms with Gasteiger partial charge in [0.25, 0.3) is 0 Å². The van der Waals surface area contributed by atoms with Gasteiger partial charge >= 0.3 is 12.1 Å². The highest BCUT2D eigenvalue weighted by Gasteiger charge is 2.05. The number of urea groups is 1. The number of carboxylic acid groups (broad SMARTS) is 1. The number of carbonyl (C=O) groups is 2. The molecule has 0 aliphatic heterocycles. The highest BCUT2D eigenvalue weighted by molar-refractivity contribution is 5.99. The minimum Gasteiger partial charge on any atom is -0.465 e. The average Bonchev–Trinajstić information content (AvgIpc) is 2.69. The molecule has 0 radical (unpaired) electrons. The van der Waals surface area contributed by atoms with E-state index in [0.717, 1.165) is 16.7 Å². The molecule has 0 bridgehead atoms. The maximum Gasteiger partial charge on any atom is 0.404 e. The summed E-state index contributed by atoms with van der Waals surface area (Å²) in [6, 6.07) is 24.6. The van der Waals surface area contributed by atoms with Crippen LogP contribution >= 0.6 is 0 Å². The van der Waals surface area contributed by atoms with Crippen molar-refractivity contribution in [1.82, 2.24) is 5.32 Å². The summed E-state index contributed by atoms with van der Waals surface area (Å²) >= 11 is 0. The molecule has 0 aliphatic rings. The van der Waals surface area contributed by atoms with E-state index in [1.807, 2.05) is 72.8 Å². The Kier molecular flexibility index (Phi) is 6.25. The van der Waals surface area contributed by atoms with Crippen molar-refractivity contribution in [3.8, 4) is 11.1 Å². The lowest BCUT2D eigenvalue weighted by atomic mass is 10.1. The molecular weight excluding hydrogens is 354 g/mol. The van der Waals surface area contributed by atoms with Gasteiger partial charge in [0, 0.05) is 17.9 Å². The van der Waals surface area contributed by atoms with E-state index in [-0.39, 0.29) is 6.03 Å². The Morgan fingerprint density at radius 2 is 1.43 bits per heavy atom. The molecule has 6 heteroatoms. The van der Waals surface area contributed by atoms with Gasteiger partial charge in [0.1, 0.15) is 0 Å². The molecule has 0 aliphatic carbocycles. The Morgan fingerprint density at radius 3 is 2.14 bits per heavy atom. The first kappa shape index (κ1) is 19.0. The average molecular weight is 375 g/mol. The van der Waals surface area contributed by atoms with Crippen LogP contribution in [0.2, 0.25) is 0 Å². The molecule has 3 aromatic rings. The Labute approximate surface area is 163 Å². The van der Waals surface area contributed by atoms with Crippen LogP contribution in [0.3, 0.4) is 0 Å². The van der Waals surface area contributed by atoms with Gasteiger partial charge in [-0.2, -0.15) is 0 Å². The van der Waals surface area contributed by atoms with Crippen LogP contribution < -0.4 is 16.0 Å². The van der Waals surface area contributed by atoms with Crippen molar-refractivity contribution in [2.45, 2.75) is 6.42 Å². The third kappa shape index (κ3) is 5.60. The van der Waals surface area contributed by atoms with Gasteiger partial charge in [-0.15, -0.1) is 0 Å². The lowest BCUT2D eigenvalue weighted by Crippen LogP contribution is -2.23. The molecule has 0 unspecified atom stereocenters. The molecule has 3 rings (SSSR count). The highest BCUT2D eigenvalue weighted by Crippen LogP contribution is 2.21. The summed E-state index contributed by atoms with van der Waals surface area (Å²) in [6.07, 6.45) is -0.503. The minimum atomic E-state index is -1.05. The molecule has 3 aromatic carbocycles. The fourth-order valence-electron chi connectivity index (χ4n) is 2.79. The molecule has 3 amide bonds. The first-order valence-electron chi connectivity index (χ1n) is 8.89. The Bertz CT molecular complexity index is 941. The predicted molar refractivity (Wildman–Crippen MR) is 111 cm³/mol. The molecule has 28 heavy (non-hydrogen) atoms. The van der Waals surface area contributed by atoms with E-state index in [1.54, 1.807) is 6.07 Å². The van der Waals surface area contributed by atoms with Crippen molar-refractivity contribution in [2.24, 2.45) is 0 Å². The first-order valence-corrected chi connectivity index (χ1v) is 8.89. The maximum atomic E-state index is 12.2. The number of hydrogen-bond donors (Lipinski definition) is 4. The second-order valence-corrected chi connectivity index (χ2v) is 6.20. The number of hydrogen-bond acceptors (Lipinski definition) is 2. The number of nitrogens with one attached hydrogen (secondary N) is 3. The van der Waals surface area contributed by atoms with Gasteiger partial charge in [0.05, 0.1) is 0 Å². The van der Waals surface area contributed by atoms with Gasteiger partial charge in [0.15, 0.2) is 0 Å². The van der Waals surface area contributed by atoms with Crippen LogP contribution in [0, 0.1) is 0 Å². The van der Waals surface area contributed by atoms with E-state index in [0.29, 0.717) is 24.3 Å². The molecule has 0 fully saturated rings. The molecule has 0 spiro atoms. The lowest BCUT2D eigenvalue weighted by Gasteiger charge is -2.10. The molecule has 6 nitrogen and oxygen atoms in total. The van der Waals surface area contributed by atoms with E-state index >= 15 is 0 Å². The van der Waals surface area contributed by atoms with Gasteiger partial charge < -0.3 is 21.1 Å². The van der Waals surface area contributed by atoms with Gasteiger partial charge in [-0.25, -0.2) is 9.59 Å². The van der Waals surface area contributed by atoms with E-state index in [2.05, 4.69) is 16.0 Å². The summed E-state index contributed by atoms with van der Waals surface area (Å²) in [7, 11) is 0. The summed E-state index contributed by atoms with van der Waals surface area (Å²) in [6.45, 7) is 0.318. The summed E-state index contributed by atoms with van der Waals surface area (Å²) in [5, 5.41) is 16.5. The van der Waals surface area contributed by atoms with Crippen LogP contribution in [0.15, 0.2) is 78.9 Å². The number of benzene rings is 3. The van der Waals surface area contributed by atoms with Crippen molar-refractivity contribution in [3.05, 3.63) is 84.4 Å².